The quantitative estimate of drug-likeness (QED) is 0.801. The summed E-state index contributed by atoms with van der Waals surface area (Å²) in [4.78, 5) is 4.15. The van der Waals surface area contributed by atoms with E-state index in [1.54, 1.807) is 23.8 Å². The molecule has 0 amide bonds. The second kappa shape index (κ2) is 4.15. The molecule has 2 aromatic rings. The van der Waals surface area contributed by atoms with Crippen LogP contribution in [-0.2, 0) is 13.1 Å². The van der Waals surface area contributed by atoms with Gasteiger partial charge in [-0.2, -0.15) is 0 Å². The van der Waals surface area contributed by atoms with E-state index < -0.39 is 0 Å². The Hall–Kier alpha value is -1.20. The topological polar surface area (TPSA) is 51.0 Å². The molecule has 2 heterocycles. The van der Waals surface area contributed by atoms with Crippen LogP contribution in [-0.4, -0.2) is 10.1 Å². The average molecular weight is 195 g/mol. The first-order valence-electron chi connectivity index (χ1n) is 3.93. The van der Waals surface area contributed by atoms with Crippen LogP contribution in [0, 0.1) is 0 Å². The van der Waals surface area contributed by atoms with Crippen LogP contribution in [0.3, 0.4) is 0 Å². The van der Waals surface area contributed by atoms with Gasteiger partial charge in [0, 0.05) is 30.7 Å². The smallest absolute Gasteiger partial charge is 0.124 e. The maximum Gasteiger partial charge on any atom is 0.124 e. The standard InChI is InChI=1S/C8H9N3OS/c1-3-12-11-7(1)5-9-6-8-10-2-4-13-8/h1-4,9H,5-6H2. The second-order valence-electron chi connectivity index (χ2n) is 2.52. The van der Waals surface area contributed by atoms with Crippen molar-refractivity contribution < 1.29 is 4.52 Å². The summed E-state index contributed by atoms with van der Waals surface area (Å²) >= 11 is 1.64. The van der Waals surface area contributed by atoms with Gasteiger partial charge < -0.3 is 9.84 Å². The molecule has 0 bridgehead atoms. The fourth-order valence-corrected chi connectivity index (χ4v) is 1.55. The lowest BCUT2D eigenvalue weighted by Crippen LogP contribution is -2.12. The maximum absolute atomic E-state index is 4.70. The first-order valence-corrected chi connectivity index (χ1v) is 4.81. The van der Waals surface area contributed by atoms with Crippen LogP contribution < -0.4 is 5.32 Å². The summed E-state index contributed by atoms with van der Waals surface area (Å²) in [6.45, 7) is 1.50. The molecule has 5 heteroatoms. The molecular weight excluding hydrogens is 186 g/mol. The van der Waals surface area contributed by atoms with Crippen molar-refractivity contribution in [2.45, 2.75) is 13.1 Å². The van der Waals surface area contributed by atoms with E-state index >= 15 is 0 Å². The Balaban J connectivity index is 1.76. The molecule has 0 aliphatic heterocycles. The lowest BCUT2D eigenvalue weighted by Gasteiger charge is -1.97. The number of thiazole rings is 1. The Morgan fingerprint density at radius 1 is 1.46 bits per heavy atom. The van der Waals surface area contributed by atoms with E-state index in [9.17, 15) is 0 Å². The summed E-state index contributed by atoms with van der Waals surface area (Å²) in [6.07, 6.45) is 3.37. The van der Waals surface area contributed by atoms with E-state index in [1.807, 2.05) is 11.4 Å². The fraction of sp³-hybridized carbons (Fsp3) is 0.250. The van der Waals surface area contributed by atoms with Crippen LogP contribution in [0.25, 0.3) is 0 Å². The summed E-state index contributed by atoms with van der Waals surface area (Å²) in [5, 5.41) is 10.0. The Kier molecular flexibility index (Phi) is 2.68. The van der Waals surface area contributed by atoms with Gasteiger partial charge in [-0.3, -0.25) is 0 Å². The molecule has 2 aromatic heterocycles. The molecule has 0 aromatic carbocycles. The molecule has 0 saturated heterocycles. The largest absolute Gasteiger partial charge is 0.364 e. The molecule has 13 heavy (non-hydrogen) atoms. The average Bonchev–Trinajstić information content (AvgIpc) is 2.75. The summed E-state index contributed by atoms with van der Waals surface area (Å²) in [7, 11) is 0. The van der Waals surface area contributed by atoms with Crippen LogP contribution in [0.1, 0.15) is 10.7 Å². The monoisotopic (exact) mass is 195 g/mol. The number of nitrogens with zero attached hydrogens (tertiary/aromatic N) is 2. The second-order valence-corrected chi connectivity index (χ2v) is 3.50. The summed E-state index contributed by atoms with van der Waals surface area (Å²) in [5.41, 5.74) is 0.913. The fourth-order valence-electron chi connectivity index (χ4n) is 0.967. The Labute approximate surface area is 79.6 Å². The molecular formula is C8H9N3OS. The molecule has 0 spiro atoms. The molecule has 0 aliphatic carbocycles. The molecule has 0 unspecified atom stereocenters. The molecule has 2 rings (SSSR count). The zero-order chi connectivity index (χ0) is 8.93. The van der Waals surface area contributed by atoms with E-state index in [0.29, 0.717) is 0 Å². The van der Waals surface area contributed by atoms with Gasteiger partial charge in [-0.25, -0.2) is 4.98 Å². The zero-order valence-electron chi connectivity index (χ0n) is 6.93. The molecule has 1 N–H and O–H groups in total. The maximum atomic E-state index is 4.70. The molecule has 4 nitrogen and oxygen atoms in total. The van der Waals surface area contributed by atoms with Crippen molar-refractivity contribution in [2.24, 2.45) is 0 Å². The van der Waals surface area contributed by atoms with Gasteiger partial charge in [0.25, 0.3) is 0 Å². The Bertz CT molecular complexity index is 296. The lowest BCUT2D eigenvalue weighted by molar-refractivity contribution is 0.408. The van der Waals surface area contributed by atoms with Gasteiger partial charge in [0.1, 0.15) is 11.3 Å². The molecule has 68 valence electrons. The van der Waals surface area contributed by atoms with Gasteiger partial charge >= 0.3 is 0 Å². The van der Waals surface area contributed by atoms with Crippen molar-refractivity contribution in [1.82, 2.24) is 15.5 Å². The molecule has 0 fully saturated rings. The number of rotatable bonds is 4. The van der Waals surface area contributed by atoms with Crippen LogP contribution in [0.15, 0.2) is 28.4 Å². The van der Waals surface area contributed by atoms with E-state index in [4.69, 9.17) is 4.52 Å². The Morgan fingerprint density at radius 3 is 3.15 bits per heavy atom. The molecule has 0 radical (unpaired) electrons. The predicted octanol–water partition coefficient (Wildman–Crippen LogP) is 1.42. The van der Waals surface area contributed by atoms with Gasteiger partial charge in [-0.1, -0.05) is 5.16 Å². The molecule has 0 saturated carbocycles. The van der Waals surface area contributed by atoms with Crippen LogP contribution in [0.4, 0.5) is 0 Å². The van der Waals surface area contributed by atoms with Crippen molar-refractivity contribution >= 4 is 11.3 Å². The highest BCUT2D eigenvalue weighted by molar-refractivity contribution is 7.09. The molecule has 0 aliphatic rings. The third-order valence-corrected chi connectivity index (χ3v) is 2.34. The van der Waals surface area contributed by atoms with Gasteiger partial charge in [-0.05, 0) is 0 Å². The van der Waals surface area contributed by atoms with Crippen LogP contribution in [0.2, 0.25) is 0 Å². The highest BCUT2D eigenvalue weighted by atomic mass is 32.1. The first kappa shape index (κ1) is 8.40. The van der Waals surface area contributed by atoms with E-state index in [0.717, 1.165) is 23.8 Å². The van der Waals surface area contributed by atoms with E-state index in [-0.39, 0.29) is 0 Å². The Morgan fingerprint density at radius 2 is 2.46 bits per heavy atom. The van der Waals surface area contributed by atoms with Crippen molar-refractivity contribution in [2.75, 3.05) is 0 Å². The van der Waals surface area contributed by atoms with Gasteiger partial charge in [0.15, 0.2) is 0 Å². The highest BCUT2D eigenvalue weighted by Crippen LogP contribution is 2.03. The third kappa shape index (κ3) is 2.37. The minimum absolute atomic E-state index is 0.718. The van der Waals surface area contributed by atoms with Gasteiger partial charge in [0.05, 0.1) is 5.69 Å². The third-order valence-electron chi connectivity index (χ3n) is 1.56. The number of hydrogen-bond donors (Lipinski definition) is 1. The minimum Gasteiger partial charge on any atom is -0.364 e. The van der Waals surface area contributed by atoms with Crippen molar-refractivity contribution in [3.05, 3.63) is 34.6 Å². The van der Waals surface area contributed by atoms with Gasteiger partial charge in [-0.15, -0.1) is 11.3 Å². The van der Waals surface area contributed by atoms with Gasteiger partial charge in [0.2, 0.25) is 0 Å². The number of nitrogens with one attached hydrogen (secondary N) is 1. The van der Waals surface area contributed by atoms with E-state index in [2.05, 4.69) is 15.5 Å². The normalized spacial score (nSPS) is 10.5. The predicted molar refractivity (Wildman–Crippen MR) is 49.2 cm³/mol. The minimum atomic E-state index is 0.718. The number of aromatic nitrogens is 2. The first-order chi connectivity index (χ1) is 6.45. The van der Waals surface area contributed by atoms with Crippen LogP contribution >= 0.6 is 11.3 Å². The molecule has 0 atom stereocenters. The van der Waals surface area contributed by atoms with E-state index in [1.165, 1.54) is 0 Å². The summed E-state index contributed by atoms with van der Waals surface area (Å²) < 4.78 is 4.70. The SMILES string of the molecule is c1csc(CNCc2ccon2)n1. The van der Waals surface area contributed by atoms with Crippen LogP contribution in [0.5, 0.6) is 0 Å². The van der Waals surface area contributed by atoms with Crippen molar-refractivity contribution in [1.29, 1.82) is 0 Å². The highest BCUT2D eigenvalue weighted by Gasteiger charge is 1.97. The zero-order valence-corrected chi connectivity index (χ0v) is 7.75. The number of hydrogen-bond acceptors (Lipinski definition) is 5. The van der Waals surface area contributed by atoms with Crippen molar-refractivity contribution in [3.63, 3.8) is 0 Å². The van der Waals surface area contributed by atoms with Crippen molar-refractivity contribution in [3.8, 4) is 0 Å². The summed E-state index contributed by atoms with van der Waals surface area (Å²) in [5.74, 6) is 0. The summed E-state index contributed by atoms with van der Waals surface area (Å²) in [6, 6.07) is 1.84. The lowest BCUT2D eigenvalue weighted by atomic mass is 10.4.